The van der Waals surface area contributed by atoms with Gasteiger partial charge >= 0.3 is 0 Å². The van der Waals surface area contributed by atoms with Crippen LogP contribution in [0.15, 0.2) is 53.3 Å². The minimum absolute atomic E-state index is 0.156. The first-order chi connectivity index (χ1) is 11.6. The van der Waals surface area contributed by atoms with Crippen LogP contribution >= 0.6 is 0 Å². The molecule has 0 saturated heterocycles. The van der Waals surface area contributed by atoms with Crippen molar-refractivity contribution in [1.29, 1.82) is 0 Å². The predicted molar refractivity (Wildman–Crippen MR) is 86.1 cm³/mol. The van der Waals surface area contributed by atoms with Gasteiger partial charge in [-0.25, -0.2) is 9.49 Å². The van der Waals surface area contributed by atoms with Gasteiger partial charge in [0.1, 0.15) is 11.6 Å². The number of H-pyrrole nitrogens is 1. The highest BCUT2D eigenvalue weighted by Crippen LogP contribution is 2.12. The molecular formula is C17H14FN3O3. The molecule has 0 fully saturated rings. The van der Waals surface area contributed by atoms with Gasteiger partial charge in [0.25, 0.3) is 11.5 Å². The van der Waals surface area contributed by atoms with Crippen molar-refractivity contribution in [2.75, 3.05) is 6.61 Å². The molecule has 24 heavy (non-hydrogen) atoms. The summed E-state index contributed by atoms with van der Waals surface area (Å²) >= 11 is 0. The van der Waals surface area contributed by atoms with Gasteiger partial charge < -0.3 is 10.1 Å². The van der Waals surface area contributed by atoms with E-state index in [1.807, 2.05) is 0 Å². The second kappa shape index (κ2) is 6.91. The molecule has 2 aromatic carbocycles. The van der Waals surface area contributed by atoms with E-state index < -0.39 is 0 Å². The first-order valence-corrected chi connectivity index (χ1v) is 7.25. The lowest BCUT2D eigenvalue weighted by Gasteiger charge is -2.08. The van der Waals surface area contributed by atoms with E-state index in [2.05, 4.69) is 15.5 Å². The number of ether oxygens (including phenoxy) is 1. The number of aromatic nitrogens is 2. The smallest absolute Gasteiger partial charge is 0.272 e. The number of aromatic amines is 1. The number of carbonyl (C=O) groups excluding carboxylic acids is 1. The molecule has 0 aliphatic heterocycles. The third-order valence-electron chi connectivity index (χ3n) is 3.41. The topological polar surface area (TPSA) is 84.1 Å². The van der Waals surface area contributed by atoms with E-state index in [-0.39, 0.29) is 30.4 Å². The maximum atomic E-state index is 12.8. The Labute approximate surface area is 136 Å². The minimum atomic E-state index is -0.372. The summed E-state index contributed by atoms with van der Waals surface area (Å²) in [4.78, 5) is 23.6. The standard InChI is InChI=1S/C17H14FN3O3/c18-11-5-7-12(8-6-11)24-10-16(22)19-9-15-13-3-1-2-4-14(13)17(23)21-20-15/h1-8H,9-10H2,(H,19,22)(H,21,23). The Kier molecular flexibility index (Phi) is 4.51. The summed E-state index contributed by atoms with van der Waals surface area (Å²) in [5, 5.41) is 10.2. The minimum Gasteiger partial charge on any atom is -0.484 e. The van der Waals surface area contributed by atoms with Crippen LogP contribution in [0.25, 0.3) is 10.8 Å². The van der Waals surface area contributed by atoms with Crippen LogP contribution in [0.5, 0.6) is 5.75 Å². The van der Waals surface area contributed by atoms with Gasteiger partial charge in [-0.2, -0.15) is 5.10 Å². The van der Waals surface area contributed by atoms with E-state index >= 15 is 0 Å². The average molecular weight is 327 g/mol. The number of amides is 1. The number of benzene rings is 2. The van der Waals surface area contributed by atoms with Gasteiger partial charge in [0.05, 0.1) is 17.6 Å². The molecule has 7 heteroatoms. The zero-order chi connectivity index (χ0) is 16.9. The molecule has 0 bridgehead atoms. The number of nitrogens with one attached hydrogen (secondary N) is 2. The number of rotatable bonds is 5. The van der Waals surface area contributed by atoms with Gasteiger partial charge in [0, 0.05) is 5.39 Å². The predicted octanol–water partition coefficient (Wildman–Crippen LogP) is 1.76. The summed E-state index contributed by atoms with van der Waals surface area (Å²) in [6.07, 6.45) is 0. The van der Waals surface area contributed by atoms with Crippen molar-refractivity contribution in [3.63, 3.8) is 0 Å². The quantitative estimate of drug-likeness (QED) is 0.748. The van der Waals surface area contributed by atoms with Crippen molar-refractivity contribution < 1.29 is 13.9 Å². The summed E-state index contributed by atoms with van der Waals surface area (Å²) in [6, 6.07) is 12.4. The molecule has 0 spiro atoms. The molecule has 2 N–H and O–H groups in total. The number of fused-ring (bicyclic) bond motifs is 1. The monoisotopic (exact) mass is 327 g/mol. The van der Waals surface area contributed by atoms with Gasteiger partial charge in [-0.15, -0.1) is 0 Å². The first kappa shape index (κ1) is 15.7. The van der Waals surface area contributed by atoms with Crippen LogP contribution in [0, 0.1) is 5.82 Å². The molecule has 1 aromatic heterocycles. The molecule has 1 heterocycles. The fourth-order valence-corrected chi connectivity index (χ4v) is 2.22. The third-order valence-corrected chi connectivity index (χ3v) is 3.41. The van der Waals surface area contributed by atoms with Crippen LogP contribution < -0.4 is 15.6 Å². The molecule has 0 unspecified atom stereocenters. The van der Waals surface area contributed by atoms with Gasteiger partial charge in [-0.1, -0.05) is 18.2 Å². The summed E-state index contributed by atoms with van der Waals surface area (Å²) < 4.78 is 18.0. The highest BCUT2D eigenvalue weighted by Gasteiger charge is 2.08. The molecule has 0 radical (unpaired) electrons. The maximum Gasteiger partial charge on any atom is 0.272 e. The Morgan fingerprint density at radius 3 is 2.58 bits per heavy atom. The van der Waals surface area contributed by atoms with Crippen LogP contribution in [0.4, 0.5) is 4.39 Å². The van der Waals surface area contributed by atoms with Gasteiger partial charge in [-0.05, 0) is 30.3 Å². The summed E-state index contributed by atoms with van der Waals surface area (Å²) in [5.41, 5.74) is 0.278. The Bertz CT molecular complexity index is 922. The number of halogens is 1. The number of hydrogen-bond acceptors (Lipinski definition) is 4. The normalized spacial score (nSPS) is 10.5. The van der Waals surface area contributed by atoms with E-state index in [0.717, 1.165) is 0 Å². The fourth-order valence-electron chi connectivity index (χ4n) is 2.22. The van der Waals surface area contributed by atoms with Gasteiger partial charge in [-0.3, -0.25) is 9.59 Å². The van der Waals surface area contributed by atoms with Crippen molar-refractivity contribution in [3.8, 4) is 5.75 Å². The molecule has 6 nitrogen and oxygen atoms in total. The van der Waals surface area contributed by atoms with Crippen LogP contribution in [0.2, 0.25) is 0 Å². The lowest BCUT2D eigenvalue weighted by atomic mass is 10.1. The molecule has 0 saturated carbocycles. The molecule has 3 aromatic rings. The maximum absolute atomic E-state index is 12.8. The molecule has 122 valence electrons. The Hall–Kier alpha value is -3.22. The Morgan fingerprint density at radius 2 is 1.83 bits per heavy atom. The highest BCUT2D eigenvalue weighted by molar-refractivity contribution is 5.84. The molecule has 0 aliphatic rings. The van der Waals surface area contributed by atoms with Crippen molar-refractivity contribution in [2.45, 2.75) is 6.54 Å². The summed E-state index contributed by atoms with van der Waals surface area (Å²) in [7, 11) is 0. The summed E-state index contributed by atoms with van der Waals surface area (Å²) in [5.74, 6) is -0.321. The van der Waals surface area contributed by atoms with Gasteiger partial charge in [0.15, 0.2) is 6.61 Å². The van der Waals surface area contributed by atoms with E-state index in [9.17, 15) is 14.0 Å². The average Bonchev–Trinajstić information content (AvgIpc) is 2.61. The van der Waals surface area contributed by atoms with E-state index in [4.69, 9.17) is 4.74 Å². The highest BCUT2D eigenvalue weighted by atomic mass is 19.1. The van der Waals surface area contributed by atoms with E-state index in [1.54, 1.807) is 24.3 Å². The molecule has 1 amide bonds. The fraction of sp³-hybridized carbons (Fsp3) is 0.118. The van der Waals surface area contributed by atoms with Crippen molar-refractivity contribution in [2.24, 2.45) is 0 Å². The molecule has 3 rings (SSSR count). The van der Waals surface area contributed by atoms with Crippen LogP contribution in [0.3, 0.4) is 0 Å². The first-order valence-electron chi connectivity index (χ1n) is 7.25. The van der Waals surface area contributed by atoms with E-state index in [1.165, 1.54) is 24.3 Å². The SMILES string of the molecule is O=C(COc1ccc(F)cc1)NCc1n[nH]c(=O)c2ccccc12. The van der Waals surface area contributed by atoms with Crippen molar-refractivity contribution in [1.82, 2.24) is 15.5 Å². The Morgan fingerprint density at radius 1 is 1.12 bits per heavy atom. The lowest BCUT2D eigenvalue weighted by Crippen LogP contribution is -2.29. The number of carbonyl (C=O) groups is 1. The zero-order valence-corrected chi connectivity index (χ0v) is 12.6. The number of hydrogen-bond donors (Lipinski definition) is 2. The molecule has 0 aliphatic carbocycles. The number of nitrogens with zero attached hydrogens (tertiary/aromatic N) is 1. The van der Waals surface area contributed by atoms with Crippen LogP contribution in [-0.2, 0) is 11.3 Å². The molecular weight excluding hydrogens is 313 g/mol. The van der Waals surface area contributed by atoms with Crippen LogP contribution in [0.1, 0.15) is 5.69 Å². The van der Waals surface area contributed by atoms with Crippen molar-refractivity contribution >= 4 is 16.7 Å². The van der Waals surface area contributed by atoms with Crippen molar-refractivity contribution in [3.05, 3.63) is 70.4 Å². The molecule has 0 atom stereocenters. The van der Waals surface area contributed by atoms with Crippen LogP contribution in [-0.4, -0.2) is 22.7 Å². The second-order valence-electron chi connectivity index (χ2n) is 5.06. The second-order valence-corrected chi connectivity index (χ2v) is 5.06. The third kappa shape index (κ3) is 3.57. The largest absolute Gasteiger partial charge is 0.484 e. The van der Waals surface area contributed by atoms with E-state index in [0.29, 0.717) is 22.2 Å². The zero-order valence-electron chi connectivity index (χ0n) is 12.6. The lowest BCUT2D eigenvalue weighted by molar-refractivity contribution is -0.123. The Balaban J connectivity index is 1.61. The van der Waals surface area contributed by atoms with Gasteiger partial charge in [0.2, 0.25) is 0 Å². The summed E-state index contributed by atoms with van der Waals surface area (Å²) in [6.45, 7) is -0.0458.